The summed E-state index contributed by atoms with van der Waals surface area (Å²) in [5.41, 5.74) is 0.984. The summed E-state index contributed by atoms with van der Waals surface area (Å²) in [4.78, 5) is 16.6. The summed E-state index contributed by atoms with van der Waals surface area (Å²) >= 11 is 1.41. The normalized spacial score (nSPS) is 17.6. The van der Waals surface area contributed by atoms with Crippen molar-refractivity contribution in [3.8, 4) is 0 Å². The smallest absolute Gasteiger partial charge is 0.312 e. The molecule has 0 radical (unpaired) electrons. The number of benzene rings is 1. The molecule has 0 bridgehead atoms. The van der Waals surface area contributed by atoms with E-state index in [1.807, 2.05) is 0 Å². The van der Waals surface area contributed by atoms with Crippen LogP contribution in [0, 0.1) is 5.82 Å². The van der Waals surface area contributed by atoms with Gasteiger partial charge in [0.05, 0.1) is 11.4 Å². The number of para-hydroxylation sites is 1. The van der Waals surface area contributed by atoms with E-state index in [1.165, 1.54) is 17.4 Å². The number of anilines is 2. The van der Waals surface area contributed by atoms with E-state index in [0.29, 0.717) is 22.9 Å². The average molecular weight is 292 g/mol. The molecular formula is C14H13FN2O2S. The number of aryl methyl sites for hydroxylation is 1. The summed E-state index contributed by atoms with van der Waals surface area (Å²) < 4.78 is 13.6. The number of aliphatic carboxylic acids is 1. The van der Waals surface area contributed by atoms with Crippen LogP contribution in [0.15, 0.2) is 24.3 Å². The highest BCUT2D eigenvalue weighted by Crippen LogP contribution is 2.37. The molecule has 1 heterocycles. The second-order valence-corrected chi connectivity index (χ2v) is 5.80. The van der Waals surface area contributed by atoms with Gasteiger partial charge in [-0.3, -0.25) is 4.79 Å². The monoisotopic (exact) mass is 292 g/mol. The number of thiazole rings is 1. The van der Waals surface area contributed by atoms with Gasteiger partial charge in [-0.25, -0.2) is 9.37 Å². The number of hydrogen-bond acceptors (Lipinski definition) is 4. The van der Waals surface area contributed by atoms with E-state index in [-0.39, 0.29) is 5.82 Å². The SMILES string of the molecule is O=C(O)C1CCCc2sc(Nc3ccccc3F)nc21. The van der Waals surface area contributed by atoms with Crippen LogP contribution in [0.3, 0.4) is 0 Å². The maximum atomic E-state index is 13.6. The first-order valence-electron chi connectivity index (χ1n) is 6.39. The van der Waals surface area contributed by atoms with Crippen molar-refractivity contribution in [1.82, 2.24) is 4.98 Å². The molecule has 20 heavy (non-hydrogen) atoms. The Kier molecular flexibility index (Phi) is 3.40. The highest BCUT2D eigenvalue weighted by molar-refractivity contribution is 7.15. The quantitative estimate of drug-likeness (QED) is 0.908. The van der Waals surface area contributed by atoms with Gasteiger partial charge in [-0.1, -0.05) is 12.1 Å². The summed E-state index contributed by atoms with van der Waals surface area (Å²) in [6.07, 6.45) is 2.31. The molecule has 2 N–H and O–H groups in total. The van der Waals surface area contributed by atoms with Gasteiger partial charge in [0.25, 0.3) is 0 Å². The maximum absolute atomic E-state index is 13.6. The molecule has 1 unspecified atom stereocenters. The Balaban J connectivity index is 1.90. The molecule has 6 heteroatoms. The third-order valence-corrected chi connectivity index (χ3v) is 4.41. The first-order valence-corrected chi connectivity index (χ1v) is 7.21. The molecule has 1 aliphatic carbocycles. The van der Waals surface area contributed by atoms with Crippen LogP contribution < -0.4 is 5.32 Å². The standard InChI is InChI=1S/C14H13FN2O2S/c15-9-5-1-2-6-10(9)16-14-17-12-8(13(18)19)4-3-7-11(12)20-14/h1-2,5-6,8H,3-4,7H2,(H,16,17)(H,18,19). The van der Waals surface area contributed by atoms with Crippen LogP contribution in [0.5, 0.6) is 0 Å². The van der Waals surface area contributed by atoms with Crippen LogP contribution in [0.2, 0.25) is 0 Å². The van der Waals surface area contributed by atoms with E-state index < -0.39 is 11.9 Å². The van der Waals surface area contributed by atoms with Crippen molar-refractivity contribution >= 4 is 28.1 Å². The molecule has 0 spiro atoms. The summed E-state index contributed by atoms with van der Waals surface area (Å²) in [5, 5.41) is 12.7. The maximum Gasteiger partial charge on any atom is 0.312 e. The van der Waals surface area contributed by atoms with Gasteiger partial charge < -0.3 is 10.4 Å². The first-order chi connectivity index (χ1) is 9.65. The number of carboxylic acid groups (broad SMARTS) is 1. The van der Waals surface area contributed by atoms with Crippen molar-refractivity contribution in [3.05, 3.63) is 40.7 Å². The first kappa shape index (κ1) is 13.1. The van der Waals surface area contributed by atoms with Crippen LogP contribution in [-0.4, -0.2) is 16.1 Å². The number of hydrogen-bond donors (Lipinski definition) is 2. The van der Waals surface area contributed by atoms with Crippen molar-refractivity contribution in [2.45, 2.75) is 25.2 Å². The summed E-state index contributed by atoms with van der Waals surface area (Å²) in [5.74, 6) is -1.73. The van der Waals surface area contributed by atoms with E-state index >= 15 is 0 Å². The van der Waals surface area contributed by atoms with Gasteiger partial charge in [-0.05, 0) is 31.4 Å². The zero-order valence-corrected chi connectivity index (χ0v) is 11.4. The van der Waals surface area contributed by atoms with E-state index in [0.717, 1.165) is 17.7 Å². The van der Waals surface area contributed by atoms with E-state index in [2.05, 4.69) is 10.3 Å². The number of nitrogens with zero attached hydrogens (tertiary/aromatic N) is 1. The molecular weight excluding hydrogens is 279 g/mol. The van der Waals surface area contributed by atoms with Gasteiger partial charge >= 0.3 is 5.97 Å². The zero-order valence-electron chi connectivity index (χ0n) is 10.6. The number of rotatable bonds is 3. The topological polar surface area (TPSA) is 62.2 Å². The Labute approximate surface area is 119 Å². The van der Waals surface area contributed by atoms with E-state index in [1.54, 1.807) is 18.2 Å². The molecule has 0 amide bonds. The van der Waals surface area contributed by atoms with Crippen LogP contribution in [-0.2, 0) is 11.2 Å². The second-order valence-electron chi connectivity index (χ2n) is 4.72. The minimum Gasteiger partial charge on any atom is -0.481 e. The lowest BCUT2D eigenvalue weighted by Crippen LogP contribution is -2.17. The molecule has 1 aromatic heterocycles. The highest BCUT2D eigenvalue weighted by Gasteiger charge is 2.30. The van der Waals surface area contributed by atoms with Gasteiger partial charge in [-0.15, -0.1) is 11.3 Å². The number of carbonyl (C=O) groups is 1. The van der Waals surface area contributed by atoms with Gasteiger partial charge in [-0.2, -0.15) is 0 Å². The summed E-state index contributed by atoms with van der Waals surface area (Å²) in [6, 6.07) is 6.35. The van der Waals surface area contributed by atoms with Gasteiger partial charge in [0.15, 0.2) is 5.13 Å². The molecule has 1 atom stereocenters. The third-order valence-electron chi connectivity index (χ3n) is 3.37. The minimum absolute atomic E-state index is 0.351. The summed E-state index contributed by atoms with van der Waals surface area (Å²) in [7, 11) is 0. The van der Waals surface area contributed by atoms with E-state index in [9.17, 15) is 14.3 Å². The fourth-order valence-electron chi connectivity index (χ4n) is 2.39. The molecule has 0 fully saturated rings. The van der Waals surface area contributed by atoms with Gasteiger partial charge in [0, 0.05) is 4.88 Å². The molecule has 0 saturated heterocycles. The molecule has 3 rings (SSSR count). The number of halogens is 1. The third kappa shape index (κ3) is 2.38. The number of carboxylic acids is 1. The lowest BCUT2D eigenvalue weighted by molar-refractivity contribution is -0.139. The van der Waals surface area contributed by atoms with Crippen LogP contribution in [0.25, 0.3) is 0 Å². The predicted molar refractivity (Wildman–Crippen MR) is 75.1 cm³/mol. The van der Waals surface area contributed by atoms with Crippen molar-refractivity contribution in [3.63, 3.8) is 0 Å². The van der Waals surface area contributed by atoms with E-state index in [4.69, 9.17) is 0 Å². The number of fused-ring (bicyclic) bond motifs is 1. The largest absolute Gasteiger partial charge is 0.481 e. The predicted octanol–water partition coefficient (Wildman–Crippen LogP) is 3.53. The molecule has 2 aromatic rings. The second kappa shape index (κ2) is 5.20. The van der Waals surface area contributed by atoms with Crippen LogP contribution >= 0.6 is 11.3 Å². The Morgan fingerprint density at radius 1 is 1.45 bits per heavy atom. The molecule has 104 valence electrons. The molecule has 4 nitrogen and oxygen atoms in total. The molecule has 1 aliphatic rings. The zero-order chi connectivity index (χ0) is 14.1. The van der Waals surface area contributed by atoms with Crippen molar-refractivity contribution < 1.29 is 14.3 Å². The molecule has 1 aromatic carbocycles. The van der Waals surface area contributed by atoms with Crippen molar-refractivity contribution in [1.29, 1.82) is 0 Å². The Morgan fingerprint density at radius 3 is 3.00 bits per heavy atom. The Morgan fingerprint density at radius 2 is 2.25 bits per heavy atom. The Bertz CT molecular complexity index is 656. The number of nitrogens with one attached hydrogen (secondary N) is 1. The summed E-state index contributed by atoms with van der Waals surface area (Å²) in [6.45, 7) is 0. The average Bonchev–Trinajstić information content (AvgIpc) is 2.83. The van der Waals surface area contributed by atoms with Crippen LogP contribution in [0.4, 0.5) is 15.2 Å². The fraction of sp³-hybridized carbons (Fsp3) is 0.286. The van der Waals surface area contributed by atoms with Gasteiger partial charge in [0.1, 0.15) is 11.7 Å². The Hall–Kier alpha value is -1.95. The molecule has 0 aliphatic heterocycles. The van der Waals surface area contributed by atoms with Crippen molar-refractivity contribution in [2.24, 2.45) is 0 Å². The fourth-order valence-corrected chi connectivity index (χ4v) is 3.47. The highest BCUT2D eigenvalue weighted by atomic mass is 32.1. The molecule has 0 saturated carbocycles. The lowest BCUT2D eigenvalue weighted by atomic mass is 9.91. The van der Waals surface area contributed by atoms with Gasteiger partial charge in [0.2, 0.25) is 0 Å². The van der Waals surface area contributed by atoms with Crippen LogP contribution in [0.1, 0.15) is 29.3 Å². The number of aromatic nitrogens is 1. The van der Waals surface area contributed by atoms with Crippen molar-refractivity contribution in [2.75, 3.05) is 5.32 Å². The minimum atomic E-state index is -0.839. The lowest BCUT2D eigenvalue weighted by Gasteiger charge is -2.16.